The first-order valence-corrected chi connectivity index (χ1v) is 5.69. The summed E-state index contributed by atoms with van der Waals surface area (Å²) in [5.74, 6) is -1.02. The Bertz CT molecular complexity index is 692. The highest BCUT2D eigenvalue weighted by atomic mass is 19.4. The van der Waals surface area contributed by atoms with Gasteiger partial charge in [-0.15, -0.1) is 13.2 Å². The summed E-state index contributed by atoms with van der Waals surface area (Å²) in [7, 11) is 0. The lowest BCUT2D eigenvalue weighted by molar-refractivity contribution is -0.274. The molecule has 7 heteroatoms. The second-order valence-corrected chi connectivity index (χ2v) is 4.04. The number of alkyl halides is 3. The van der Waals surface area contributed by atoms with Crippen molar-refractivity contribution in [2.24, 2.45) is 0 Å². The number of nitriles is 1. The minimum Gasteiger partial charge on any atom is -0.406 e. The van der Waals surface area contributed by atoms with Gasteiger partial charge in [-0.1, -0.05) is 6.07 Å². The van der Waals surface area contributed by atoms with E-state index in [0.717, 1.165) is 24.3 Å². The molecule has 0 unspecified atom stereocenters. The van der Waals surface area contributed by atoms with Gasteiger partial charge >= 0.3 is 6.36 Å². The van der Waals surface area contributed by atoms with Crippen LogP contribution in [0, 0.1) is 17.1 Å². The number of halogens is 4. The van der Waals surface area contributed by atoms with Crippen molar-refractivity contribution in [1.82, 2.24) is 0 Å². The van der Waals surface area contributed by atoms with Crippen molar-refractivity contribution in [3.8, 4) is 11.8 Å². The van der Waals surface area contributed by atoms with Crippen molar-refractivity contribution in [1.29, 1.82) is 5.26 Å². The van der Waals surface area contributed by atoms with Gasteiger partial charge < -0.3 is 10.1 Å². The smallest absolute Gasteiger partial charge is 0.406 e. The van der Waals surface area contributed by atoms with Crippen molar-refractivity contribution in [2.45, 2.75) is 6.36 Å². The monoisotopic (exact) mass is 296 g/mol. The minimum atomic E-state index is -4.79. The zero-order valence-electron chi connectivity index (χ0n) is 10.4. The van der Waals surface area contributed by atoms with Crippen LogP contribution in [0.25, 0.3) is 0 Å². The highest BCUT2D eigenvalue weighted by Crippen LogP contribution is 2.27. The molecule has 0 atom stereocenters. The van der Waals surface area contributed by atoms with Crippen molar-refractivity contribution in [3.05, 3.63) is 53.8 Å². The Hall–Kier alpha value is -2.75. The molecule has 2 rings (SSSR count). The van der Waals surface area contributed by atoms with E-state index >= 15 is 0 Å². The van der Waals surface area contributed by atoms with Crippen LogP contribution in [0.1, 0.15) is 5.56 Å². The largest absolute Gasteiger partial charge is 0.573 e. The summed E-state index contributed by atoms with van der Waals surface area (Å²) in [5.41, 5.74) is 0.613. The third-order valence-corrected chi connectivity index (χ3v) is 2.38. The molecule has 2 aromatic carbocycles. The molecule has 108 valence electrons. The normalized spacial score (nSPS) is 10.8. The second-order valence-electron chi connectivity index (χ2n) is 4.04. The average molecular weight is 296 g/mol. The van der Waals surface area contributed by atoms with Crippen molar-refractivity contribution >= 4 is 11.4 Å². The molecule has 21 heavy (non-hydrogen) atoms. The van der Waals surface area contributed by atoms with Gasteiger partial charge in [0.1, 0.15) is 11.6 Å². The lowest BCUT2D eigenvalue weighted by Crippen LogP contribution is -2.17. The topological polar surface area (TPSA) is 45.0 Å². The minimum absolute atomic E-state index is 0.0974. The lowest BCUT2D eigenvalue weighted by Gasteiger charge is -2.11. The van der Waals surface area contributed by atoms with Crippen LogP contribution in [0.2, 0.25) is 0 Å². The summed E-state index contributed by atoms with van der Waals surface area (Å²) in [6.07, 6.45) is -4.79. The summed E-state index contributed by atoms with van der Waals surface area (Å²) in [5, 5.41) is 11.4. The van der Waals surface area contributed by atoms with Gasteiger partial charge in [0, 0.05) is 17.4 Å². The van der Waals surface area contributed by atoms with E-state index in [4.69, 9.17) is 5.26 Å². The zero-order chi connectivity index (χ0) is 15.5. The molecule has 0 bridgehead atoms. The van der Waals surface area contributed by atoms with Crippen LogP contribution >= 0.6 is 0 Å². The van der Waals surface area contributed by atoms with E-state index in [9.17, 15) is 17.6 Å². The fourth-order valence-corrected chi connectivity index (χ4v) is 1.66. The first-order chi connectivity index (χ1) is 9.85. The Morgan fingerprint density at radius 3 is 2.48 bits per heavy atom. The molecule has 0 aliphatic heterocycles. The first-order valence-electron chi connectivity index (χ1n) is 5.69. The van der Waals surface area contributed by atoms with Crippen molar-refractivity contribution < 1.29 is 22.3 Å². The SMILES string of the molecule is N#Cc1cc(F)cc(Nc2cccc(OC(F)(F)F)c2)c1. The fourth-order valence-electron chi connectivity index (χ4n) is 1.66. The van der Waals surface area contributed by atoms with Crippen LogP contribution in [0.3, 0.4) is 0 Å². The number of hydrogen-bond acceptors (Lipinski definition) is 3. The van der Waals surface area contributed by atoms with Gasteiger partial charge in [-0.3, -0.25) is 0 Å². The van der Waals surface area contributed by atoms with Crippen LogP contribution in [0.15, 0.2) is 42.5 Å². The average Bonchev–Trinajstić information content (AvgIpc) is 2.36. The van der Waals surface area contributed by atoms with E-state index in [1.807, 2.05) is 0 Å². The number of anilines is 2. The predicted octanol–water partition coefficient (Wildman–Crippen LogP) is 4.34. The van der Waals surface area contributed by atoms with Gasteiger partial charge in [0.05, 0.1) is 11.6 Å². The van der Waals surface area contributed by atoms with Crippen LogP contribution < -0.4 is 10.1 Å². The van der Waals surface area contributed by atoms with Gasteiger partial charge in [-0.25, -0.2) is 4.39 Å². The molecule has 0 radical (unpaired) electrons. The molecule has 0 heterocycles. The maximum atomic E-state index is 13.3. The van der Waals surface area contributed by atoms with Crippen molar-refractivity contribution in [3.63, 3.8) is 0 Å². The Kier molecular flexibility index (Phi) is 3.98. The fraction of sp³-hybridized carbons (Fsp3) is 0.0714. The molecule has 0 fully saturated rings. The number of ether oxygens (including phenoxy) is 1. The molecule has 0 aliphatic carbocycles. The van der Waals surface area contributed by atoms with Gasteiger partial charge in [-0.2, -0.15) is 5.26 Å². The summed E-state index contributed by atoms with van der Waals surface area (Å²) in [6.45, 7) is 0. The molecule has 0 aliphatic rings. The maximum Gasteiger partial charge on any atom is 0.573 e. The molecular formula is C14H8F4N2O. The molecule has 0 saturated carbocycles. The van der Waals surface area contributed by atoms with Crippen LogP contribution in [-0.2, 0) is 0 Å². The number of nitrogens with one attached hydrogen (secondary N) is 1. The maximum absolute atomic E-state index is 13.3. The highest BCUT2D eigenvalue weighted by molar-refractivity contribution is 5.62. The van der Waals surface area contributed by atoms with Crippen molar-refractivity contribution in [2.75, 3.05) is 5.32 Å². The molecule has 0 aromatic heterocycles. The van der Waals surface area contributed by atoms with Gasteiger partial charge in [0.25, 0.3) is 0 Å². The molecule has 0 saturated heterocycles. The van der Waals surface area contributed by atoms with E-state index < -0.39 is 17.9 Å². The lowest BCUT2D eigenvalue weighted by atomic mass is 10.2. The van der Waals surface area contributed by atoms with E-state index in [1.165, 1.54) is 18.2 Å². The Balaban J connectivity index is 2.22. The second kappa shape index (κ2) is 5.71. The Morgan fingerprint density at radius 2 is 1.81 bits per heavy atom. The molecule has 2 aromatic rings. The van der Waals surface area contributed by atoms with E-state index in [1.54, 1.807) is 6.07 Å². The summed E-state index contributed by atoms with van der Waals surface area (Å²) >= 11 is 0. The molecular weight excluding hydrogens is 288 g/mol. The molecule has 3 nitrogen and oxygen atoms in total. The third kappa shape index (κ3) is 4.38. The summed E-state index contributed by atoms with van der Waals surface area (Å²) < 4.78 is 53.4. The number of rotatable bonds is 3. The zero-order valence-corrected chi connectivity index (χ0v) is 10.4. The van der Waals surface area contributed by atoms with Crippen LogP contribution in [0.4, 0.5) is 28.9 Å². The first kappa shape index (κ1) is 14.7. The molecule has 0 spiro atoms. The van der Waals surface area contributed by atoms with E-state index in [0.29, 0.717) is 0 Å². The number of nitrogens with zero attached hydrogens (tertiary/aromatic N) is 1. The predicted molar refractivity (Wildman–Crippen MR) is 67.5 cm³/mol. The van der Waals surface area contributed by atoms with Gasteiger partial charge in [0.15, 0.2) is 0 Å². The van der Waals surface area contributed by atoms with Gasteiger partial charge in [-0.05, 0) is 30.3 Å². The van der Waals surface area contributed by atoms with Gasteiger partial charge in [0.2, 0.25) is 0 Å². The van der Waals surface area contributed by atoms with E-state index in [-0.39, 0.29) is 16.9 Å². The summed E-state index contributed by atoms with van der Waals surface area (Å²) in [6, 6.07) is 10.4. The number of hydrogen-bond donors (Lipinski definition) is 1. The Morgan fingerprint density at radius 1 is 1.05 bits per heavy atom. The highest BCUT2D eigenvalue weighted by Gasteiger charge is 2.31. The van der Waals surface area contributed by atoms with E-state index in [2.05, 4.69) is 10.1 Å². The van der Waals surface area contributed by atoms with Crippen LogP contribution in [-0.4, -0.2) is 6.36 Å². The molecule has 0 amide bonds. The summed E-state index contributed by atoms with van der Waals surface area (Å²) in [4.78, 5) is 0. The third-order valence-electron chi connectivity index (χ3n) is 2.38. The van der Waals surface area contributed by atoms with Crippen LogP contribution in [0.5, 0.6) is 5.75 Å². The quantitative estimate of drug-likeness (QED) is 0.857. The Labute approximate surface area is 117 Å². The molecule has 1 N–H and O–H groups in total. The standard InChI is InChI=1S/C14H8F4N2O/c15-10-4-9(8-19)5-12(6-10)20-11-2-1-3-13(7-11)21-14(16,17)18/h1-7,20H. The number of benzene rings is 2.